The standard InChI is InChI=1S/C9H15N3/c1-12-9-7-5-3-2-4-6-8(9)10-11-12/h2-7H2,1H3. The van der Waals surface area contributed by atoms with Gasteiger partial charge in [0.15, 0.2) is 0 Å². The Morgan fingerprint density at radius 3 is 2.67 bits per heavy atom. The van der Waals surface area contributed by atoms with Gasteiger partial charge in [-0.05, 0) is 25.7 Å². The Kier molecular flexibility index (Phi) is 2.11. The number of fused-ring (bicyclic) bond motifs is 1. The van der Waals surface area contributed by atoms with Gasteiger partial charge in [0.1, 0.15) is 0 Å². The normalized spacial score (nSPS) is 18.1. The van der Waals surface area contributed by atoms with E-state index in [9.17, 15) is 0 Å². The molecule has 0 saturated carbocycles. The molecule has 0 aromatic carbocycles. The van der Waals surface area contributed by atoms with Gasteiger partial charge in [0.25, 0.3) is 0 Å². The van der Waals surface area contributed by atoms with Crippen molar-refractivity contribution >= 4 is 0 Å². The van der Waals surface area contributed by atoms with Gasteiger partial charge >= 0.3 is 0 Å². The number of rotatable bonds is 0. The molecule has 66 valence electrons. The third-order valence-electron chi connectivity index (χ3n) is 2.60. The summed E-state index contributed by atoms with van der Waals surface area (Å²) in [5.41, 5.74) is 2.59. The van der Waals surface area contributed by atoms with Crippen molar-refractivity contribution in [1.82, 2.24) is 15.0 Å². The van der Waals surface area contributed by atoms with Crippen LogP contribution in [0.4, 0.5) is 0 Å². The highest BCUT2D eigenvalue weighted by Gasteiger charge is 2.11. The quantitative estimate of drug-likeness (QED) is 0.583. The summed E-state index contributed by atoms with van der Waals surface area (Å²) in [5.74, 6) is 0. The molecule has 1 aliphatic rings. The monoisotopic (exact) mass is 165 g/mol. The second-order valence-electron chi connectivity index (χ2n) is 3.52. The van der Waals surface area contributed by atoms with Gasteiger partial charge in [-0.2, -0.15) is 0 Å². The zero-order chi connectivity index (χ0) is 8.39. The van der Waals surface area contributed by atoms with Gasteiger partial charge in [-0.1, -0.05) is 18.1 Å². The number of hydrogen-bond donors (Lipinski definition) is 0. The van der Waals surface area contributed by atoms with E-state index in [4.69, 9.17) is 0 Å². The first-order valence-corrected chi connectivity index (χ1v) is 4.75. The molecular formula is C9H15N3. The first-order chi connectivity index (χ1) is 5.88. The summed E-state index contributed by atoms with van der Waals surface area (Å²) in [6.45, 7) is 0. The van der Waals surface area contributed by atoms with E-state index in [1.54, 1.807) is 0 Å². The molecule has 0 N–H and O–H groups in total. The Balaban J connectivity index is 2.26. The maximum absolute atomic E-state index is 4.17. The van der Waals surface area contributed by atoms with E-state index in [0.717, 1.165) is 6.42 Å². The van der Waals surface area contributed by atoms with Crippen molar-refractivity contribution in [3.05, 3.63) is 11.4 Å². The number of nitrogens with zero attached hydrogens (tertiary/aromatic N) is 3. The molecule has 1 aromatic heterocycles. The SMILES string of the molecule is Cn1nnc2c1CCCCCC2. The minimum absolute atomic E-state index is 1.13. The second kappa shape index (κ2) is 3.25. The summed E-state index contributed by atoms with van der Waals surface area (Å²) in [4.78, 5) is 0. The van der Waals surface area contributed by atoms with E-state index >= 15 is 0 Å². The van der Waals surface area contributed by atoms with Gasteiger partial charge in [-0.3, -0.25) is 4.68 Å². The summed E-state index contributed by atoms with van der Waals surface area (Å²) < 4.78 is 1.93. The maximum Gasteiger partial charge on any atom is 0.0859 e. The van der Waals surface area contributed by atoms with Gasteiger partial charge in [-0.15, -0.1) is 5.10 Å². The highest BCUT2D eigenvalue weighted by atomic mass is 15.4. The van der Waals surface area contributed by atoms with Gasteiger partial charge in [-0.25, -0.2) is 0 Å². The Morgan fingerprint density at radius 2 is 1.83 bits per heavy atom. The molecule has 1 aromatic rings. The molecule has 1 aliphatic carbocycles. The first kappa shape index (κ1) is 7.77. The molecule has 0 spiro atoms. The largest absolute Gasteiger partial charge is 0.252 e. The van der Waals surface area contributed by atoms with Crippen LogP contribution < -0.4 is 0 Å². The number of hydrogen-bond acceptors (Lipinski definition) is 2. The summed E-state index contributed by atoms with van der Waals surface area (Å²) in [6, 6.07) is 0. The smallest absolute Gasteiger partial charge is 0.0859 e. The maximum atomic E-state index is 4.17. The predicted octanol–water partition coefficient (Wildman–Crippen LogP) is 1.47. The van der Waals surface area contributed by atoms with Crippen LogP contribution in [-0.4, -0.2) is 15.0 Å². The topological polar surface area (TPSA) is 30.7 Å². The molecule has 0 unspecified atom stereocenters. The van der Waals surface area contributed by atoms with Crippen molar-refractivity contribution in [3.63, 3.8) is 0 Å². The first-order valence-electron chi connectivity index (χ1n) is 4.75. The minimum Gasteiger partial charge on any atom is -0.252 e. The third-order valence-corrected chi connectivity index (χ3v) is 2.60. The van der Waals surface area contributed by atoms with Crippen molar-refractivity contribution in [2.75, 3.05) is 0 Å². The molecule has 0 aliphatic heterocycles. The Labute approximate surface area is 72.8 Å². The van der Waals surface area contributed by atoms with Crippen LogP contribution in [0.25, 0.3) is 0 Å². The molecular weight excluding hydrogens is 150 g/mol. The van der Waals surface area contributed by atoms with Crippen LogP contribution in [0, 0.1) is 0 Å². The Hall–Kier alpha value is -0.860. The zero-order valence-electron chi connectivity index (χ0n) is 7.58. The molecule has 0 atom stereocenters. The van der Waals surface area contributed by atoms with E-state index < -0.39 is 0 Å². The van der Waals surface area contributed by atoms with Crippen molar-refractivity contribution in [2.45, 2.75) is 38.5 Å². The fourth-order valence-corrected chi connectivity index (χ4v) is 1.86. The molecule has 0 bridgehead atoms. The van der Waals surface area contributed by atoms with E-state index in [0.29, 0.717) is 0 Å². The number of aromatic nitrogens is 3. The molecule has 3 heteroatoms. The highest BCUT2D eigenvalue weighted by Crippen LogP contribution is 2.16. The van der Waals surface area contributed by atoms with E-state index in [-0.39, 0.29) is 0 Å². The minimum atomic E-state index is 1.13. The van der Waals surface area contributed by atoms with Crippen LogP contribution in [0.3, 0.4) is 0 Å². The van der Waals surface area contributed by atoms with Crippen molar-refractivity contribution in [3.8, 4) is 0 Å². The summed E-state index contributed by atoms with van der Waals surface area (Å²) in [5, 5.41) is 8.22. The van der Waals surface area contributed by atoms with Crippen LogP contribution >= 0.6 is 0 Å². The highest BCUT2D eigenvalue weighted by molar-refractivity contribution is 5.10. The molecule has 0 saturated heterocycles. The van der Waals surface area contributed by atoms with Crippen molar-refractivity contribution in [2.24, 2.45) is 7.05 Å². The van der Waals surface area contributed by atoms with Gasteiger partial charge in [0.2, 0.25) is 0 Å². The lowest BCUT2D eigenvalue weighted by Crippen LogP contribution is -2.03. The molecule has 2 rings (SSSR count). The summed E-state index contributed by atoms with van der Waals surface area (Å²) in [7, 11) is 1.99. The predicted molar refractivity (Wildman–Crippen MR) is 46.9 cm³/mol. The Morgan fingerprint density at radius 1 is 1.08 bits per heavy atom. The zero-order valence-corrected chi connectivity index (χ0v) is 7.58. The molecule has 3 nitrogen and oxygen atoms in total. The molecule has 0 radical (unpaired) electrons. The fraction of sp³-hybridized carbons (Fsp3) is 0.778. The summed E-state index contributed by atoms with van der Waals surface area (Å²) in [6.07, 6.45) is 7.60. The van der Waals surface area contributed by atoms with Crippen LogP contribution in [0.2, 0.25) is 0 Å². The van der Waals surface area contributed by atoms with E-state index in [1.807, 2.05) is 11.7 Å². The average molecular weight is 165 g/mol. The van der Waals surface area contributed by atoms with Crippen LogP contribution in [0.5, 0.6) is 0 Å². The molecule has 0 amide bonds. The summed E-state index contributed by atoms with van der Waals surface area (Å²) >= 11 is 0. The molecule has 1 heterocycles. The van der Waals surface area contributed by atoms with Crippen molar-refractivity contribution < 1.29 is 0 Å². The van der Waals surface area contributed by atoms with Crippen LogP contribution in [0.1, 0.15) is 37.1 Å². The third kappa shape index (κ3) is 1.36. The van der Waals surface area contributed by atoms with E-state index in [1.165, 1.54) is 43.5 Å². The van der Waals surface area contributed by atoms with Crippen LogP contribution in [-0.2, 0) is 19.9 Å². The second-order valence-corrected chi connectivity index (χ2v) is 3.52. The lowest BCUT2D eigenvalue weighted by atomic mass is 10.0. The average Bonchev–Trinajstić information content (AvgIpc) is 2.31. The van der Waals surface area contributed by atoms with Crippen molar-refractivity contribution in [1.29, 1.82) is 0 Å². The lowest BCUT2D eigenvalue weighted by molar-refractivity contribution is 0.591. The fourth-order valence-electron chi connectivity index (χ4n) is 1.86. The lowest BCUT2D eigenvalue weighted by Gasteiger charge is -2.08. The van der Waals surface area contributed by atoms with Gasteiger partial charge in [0, 0.05) is 7.05 Å². The molecule has 0 fully saturated rings. The van der Waals surface area contributed by atoms with Crippen LogP contribution in [0.15, 0.2) is 0 Å². The molecule has 12 heavy (non-hydrogen) atoms. The Bertz CT molecular complexity index is 265. The van der Waals surface area contributed by atoms with Gasteiger partial charge < -0.3 is 0 Å². The van der Waals surface area contributed by atoms with Gasteiger partial charge in [0.05, 0.1) is 11.4 Å². The number of aryl methyl sites for hydroxylation is 2. The van der Waals surface area contributed by atoms with E-state index in [2.05, 4.69) is 10.3 Å².